The Balaban J connectivity index is 1.91. The van der Waals surface area contributed by atoms with Crippen LogP contribution >= 0.6 is 0 Å². The fourth-order valence-electron chi connectivity index (χ4n) is 2.09. The first-order valence-electron chi connectivity index (χ1n) is 5.06. The van der Waals surface area contributed by atoms with Crippen molar-refractivity contribution in [1.82, 2.24) is 25.4 Å². The fraction of sp³-hybridized carbons (Fsp3) is 0.778. The van der Waals surface area contributed by atoms with Gasteiger partial charge in [-0.25, -0.2) is 4.98 Å². The zero-order valence-electron chi connectivity index (χ0n) is 8.70. The fourth-order valence-corrected chi connectivity index (χ4v) is 2.09. The molecule has 0 radical (unpaired) electrons. The summed E-state index contributed by atoms with van der Waals surface area (Å²) in [4.78, 5) is 6.53. The topological polar surface area (TPSA) is 56.8 Å². The van der Waals surface area contributed by atoms with Crippen LogP contribution in [0, 0.1) is 0 Å². The third-order valence-corrected chi connectivity index (χ3v) is 2.47. The number of piperazine rings is 1. The highest BCUT2D eigenvalue weighted by Crippen LogP contribution is 2.06. The summed E-state index contributed by atoms with van der Waals surface area (Å²) in [5, 5.41) is 10.2. The molecular weight excluding hydrogens is 178 g/mol. The summed E-state index contributed by atoms with van der Waals surface area (Å²) >= 11 is 0. The van der Waals surface area contributed by atoms with E-state index in [4.69, 9.17) is 0 Å². The van der Waals surface area contributed by atoms with Crippen molar-refractivity contribution in [3.63, 3.8) is 0 Å². The van der Waals surface area contributed by atoms with Crippen LogP contribution in [0.3, 0.4) is 0 Å². The Hall–Kier alpha value is -0.940. The molecular formula is C9H17N5. The molecule has 78 valence electrons. The van der Waals surface area contributed by atoms with Crippen LogP contribution in [0.15, 0.2) is 6.33 Å². The van der Waals surface area contributed by atoms with Gasteiger partial charge in [-0.15, -0.1) is 0 Å². The maximum absolute atomic E-state index is 4.13. The number of hydrogen-bond donors (Lipinski definition) is 2. The minimum atomic E-state index is 0.557. The Morgan fingerprint density at radius 1 is 1.43 bits per heavy atom. The molecule has 1 fully saturated rings. The molecule has 2 heterocycles. The Morgan fingerprint density at radius 3 is 2.71 bits per heavy atom. The lowest BCUT2D eigenvalue weighted by Crippen LogP contribution is -2.53. The lowest BCUT2D eigenvalue weighted by atomic mass is 10.1. The van der Waals surface area contributed by atoms with Crippen molar-refractivity contribution >= 4 is 0 Å². The summed E-state index contributed by atoms with van der Waals surface area (Å²) in [6.07, 6.45) is 1.56. The van der Waals surface area contributed by atoms with Gasteiger partial charge in [-0.3, -0.25) is 10.00 Å². The van der Waals surface area contributed by atoms with E-state index in [0.717, 1.165) is 25.5 Å². The molecule has 0 bridgehead atoms. The van der Waals surface area contributed by atoms with Crippen LogP contribution in [-0.4, -0.2) is 45.3 Å². The number of nitrogens with zero attached hydrogens (tertiary/aromatic N) is 3. The number of nitrogens with one attached hydrogen (secondary N) is 2. The van der Waals surface area contributed by atoms with Crippen LogP contribution in [0.2, 0.25) is 0 Å². The minimum absolute atomic E-state index is 0.557. The van der Waals surface area contributed by atoms with Crippen LogP contribution in [0.1, 0.15) is 19.7 Å². The summed E-state index contributed by atoms with van der Waals surface area (Å²) in [5.41, 5.74) is 0. The van der Waals surface area contributed by atoms with Gasteiger partial charge in [0.1, 0.15) is 12.2 Å². The van der Waals surface area contributed by atoms with Crippen LogP contribution < -0.4 is 5.32 Å². The van der Waals surface area contributed by atoms with Gasteiger partial charge in [0.05, 0.1) is 6.54 Å². The molecule has 1 aliphatic heterocycles. The minimum Gasteiger partial charge on any atom is -0.309 e. The van der Waals surface area contributed by atoms with E-state index in [2.05, 4.69) is 39.2 Å². The maximum Gasteiger partial charge on any atom is 0.138 e. The van der Waals surface area contributed by atoms with E-state index in [9.17, 15) is 0 Å². The molecule has 1 saturated heterocycles. The Labute approximate surface area is 83.9 Å². The van der Waals surface area contributed by atoms with E-state index in [1.54, 1.807) is 6.33 Å². The average molecular weight is 195 g/mol. The molecule has 0 amide bonds. The Morgan fingerprint density at radius 2 is 2.14 bits per heavy atom. The molecule has 2 unspecified atom stereocenters. The number of H-pyrrole nitrogens is 1. The average Bonchev–Trinajstić information content (AvgIpc) is 2.54. The second kappa shape index (κ2) is 4.06. The predicted octanol–water partition coefficient (Wildman–Crippen LogP) is -0.0131. The number of hydrogen-bond acceptors (Lipinski definition) is 4. The van der Waals surface area contributed by atoms with Gasteiger partial charge in [0.25, 0.3) is 0 Å². The second-order valence-corrected chi connectivity index (χ2v) is 4.10. The van der Waals surface area contributed by atoms with Gasteiger partial charge in [0.15, 0.2) is 0 Å². The summed E-state index contributed by atoms with van der Waals surface area (Å²) in [5.74, 6) is 0.950. The lowest BCUT2D eigenvalue weighted by Gasteiger charge is -2.35. The van der Waals surface area contributed by atoms with Gasteiger partial charge in [-0.2, -0.15) is 5.10 Å². The molecule has 1 aliphatic rings. The Kier molecular flexibility index (Phi) is 2.79. The van der Waals surface area contributed by atoms with E-state index in [1.165, 1.54) is 0 Å². The van der Waals surface area contributed by atoms with Gasteiger partial charge in [0.2, 0.25) is 0 Å². The molecule has 2 atom stereocenters. The molecule has 0 spiro atoms. The lowest BCUT2D eigenvalue weighted by molar-refractivity contribution is 0.163. The monoisotopic (exact) mass is 195 g/mol. The summed E-state index contributed by atoms with van der Waals surface area (Å²) in [7, 11) is 0. The number of aromatic amines is 1. The van der Waals surface area contributed by atoms with Crippen molar-refractivity contribution in [3.05, 3.63) is 12.2 Å². The van der Waals surface area contributed by atoms with Gasteiger partial charge in [-0.05, 0) is 13.8 Å². The van der Waals surface area contributed by atoms with Crippen molar-refractivity contribution < 1.29 is 0 Å². The van der Waals surface area contributed by atoms with E-state index in [1.807, 2.05) is 0 Å². The SMILES string of the molecule is CC1CN(Cc2ncn[nH]2)CC(C)N1. The zero-order valence-corrected chi connectivity index (χ0v) is 8.70. The summed E-state index contributed by atoms with van der Waals surface area (Å²) in [6.45, 7) is 7.44. The van der Waals surface area contributed by atoms with Gasteiger partial charge in [-0.1, -0.05) is 0 Å². The smallest absolute Gasteiger partial charge is 0.138 e. The van der Waals surface area contributed by atoms with E-state index in [0.29, 0.717) is 12.1 Å². The van der Waals surface area contributed by atoms with Crippen LogP contribution in [-0.2, 0) is 6.54 Å². The third-order valence-electron chi connectivity index (χ3n) is 2.47. The molecule has 5 nitrogen and oxygen atoms in total. The highest BCUT2D eigenvalue weighted by atomic mass is 15.3. The largest absolute Gasteiger partial charge is 0.309 e. The first kappa shape index (κ1) is 9.61. The van der Waals surface area contributed by atoms with Crippen LogP contribution in [0.4, 0.5) is 0 Å². The summed E-state index contributed by atoms with van der Waals surface area (Å²) in [6, 6.07) is 1.11. The van der Waals surface area contributed by atoms with Gasteiger partial charge < -0.3 is 5.32 Å². The molecule has 1 aromatic heterocycles. The van der Waals surface area contributed by atoms with Crippen molar-refractivity contribution in [2.75, 3.05) is 13.1 Å². The molecule has 0 aromatic carbocycles. The van der Waals surface area contributed by atoms with E-state index < -0.39 is 0 Å². The van der Waals surface area contributed by atoms with Crippen molar-refractivity contribution in [2.24, 2.45) is 0 Å². The third kappa shape index (κ3) is 2.30. The van der Waals surface area contributed by atoms with E-state index >= 15 is 0 Å². The molecule has 2 rings (SSSR count). The normalized spacial score (nSPS) is 29.3. The van der Waals surface area contributed by atoms with Gasteiger partial charge in [0, 0.05) is 25.2 Å². The maximum atomic E-state index is 4.13. The number of aromatic nitrogens is 3. The van der Waals surface area contributed by atoms with Crippen molar-refractivity contribution in [3.8, 4) is 0 Å². The van der Waals surface area contributed by atoms with Crippen molar-refractivity contribution in [2.45, 2.75) is 32.5 Å². The Bertz CT molecular complexity index is 261. The summed E-state index contributed by atoms with van der Waals surface area (Å²) < 4.78 is 0. The first-order chi connectivity index (χ1) is 6.74. The molecule has 0 saturated carbocycles. The van der Waals surface area contributed by atoms with Gasteiger partial charge >= 0.3 is 0 Å². The van der Waals surface area contributed by atoms with Crippen LogP contribution in [0.5, 0.6) is 0 Å². The zero-order chi connectivity index (χ0) is 9.97. The molecule has 2 N–H and O–H groups in total. The second-order valence-electron chi connectivity index (χ2n) is 4.10. The molecule has 1 aromatic rings. The number of rotatable bonds is 2. The quantitative estimate of drug-likeness (QED) is 0.696. The first-order valence-corrected chi connectivity index (χ1v) is 5.06. The molecule has 14 heavy (non-hydrogen) atoms. The molecule has 0 aliphatic carbocycles. The van der Waals surface area contributed by atoms with Crippen molar-refractivity contribution in [1.29, 1.82) is 0 Å². The van der Waals surface area contributed by atoms with E-state index in [-0.39, 0.29) is 0 Å². The highest BCUT2D eigenvalue weighted by Gasteiger charge is 2.21. The highest BCUT2D eigenvalue weighted by molar-refractivity contribution is 4.86. The standard InChI is InChI=1S/C9H17N5/c1-7-3-14(4-8(2)12-7)5-9-10-6-11-13-9/h6-8,12H,3-5H2,1-2H3,(H,10,11,13). The molecule has 5 heteroatoms. The van der Waals surface area contributed by atoms with Crippen LogP contribution in [0.25, 0.3) is 0 Å². The predicted molar refractivity (Wildman–Crippen MR) is 53.7 cm³/mol.